The number of carbonyl (C=O) groups excluding carboxylic acids is 1. The second-order valence-electron chi connectivity index (χ2n) is 5.03. The van der Waals surface area contributed by atoms with Crippen molar-refractivity contribution in [3.8, 4) is 0 Å². The number of benzene rings is 2. The molecule has 22 heavy (non-hydrogen) atoms. The van der Waals surface area contributed by atoms with E-state index >= 15 is 0 Å². The van der Waals surface area contributed by atoms with Crippen LogP contribution in [0.4, 0.5) is 4.39 Å². The third-order valence-electron chi connectivity index (χ3n) is 3.31. The number of primary amides is 1. The number of hydrogen-bond acceptors (Lipinski definition) is 3. The molecule has 2 rings (SSSR count). The molecule has 1 amide bonds. The van der Waals surface area contributed by atoms with Gasteiger partial charge in [0.2, 0.25) is 5.91 Å². The first-order chi connectivity index (χ1) is 10.6. The molecule has 0 fully saturated rings. The van der Waals surface area contributed by atoms with E-state index in [1.807, 2.05) is 30.3 Å². The van der Waals surface area contributed by atoms with Gasteiger partial charge in [-0.05, 0) is 36.2 Å². The van der Waals surface area contributed by atoms with Crippen LogP contribution in [-0.2, 0) is 17.1 Å². The molecule has 2 aromatic carbocycles. The highest BCUT2D eigenvalue weighted by Crippen LogP contribution is 2.24. The quantitative estimate of drug-likeness (QED) is 0.771. The monoisotopic (exact) mass is 318 g/mol. The van der Waals surface area contributed by atoms with E-state index in [0.29, 0.717) is 17.9 Å². The number of amides is 1. The van der Waals surface area contributed by atoms with Crippen LogP contribution in [0.2, 0.25) is 0 Å². The molecule has 0 aliphatic rings. The third-order valence-corrected chi connectivity index (χ3v) is 4.38. The van der Waals surface area contributed by atoms with E-state index < -0.39 is 0 Å². The van der Waals surface area contributed by atoms with Crippen molar-refractivity contribution in [1.82, 2.24) is 5.32 Å². The summed E-state index contributed by atoms with van der Waals surface area (Å²) in [6.07, 6.45) is 0. The summed E-state index contributed by atoms with van der Waals surface area (Å²) < 4.78 is 13.5. The topological polar surface area (TPSA) is 55.1 Å². The van der Waals surface area contributed by atoms with E-state index in [2.05, 4.69) is 5.32 Å². The van der Waals surface area contributed by atoms with Gasteiger partial charge < -0.3 is 11.1 Å². The Morgan fingerprint density at radius 2 is 1.91 bits per heavy atom. The van der Waals surface area contributed by atoms with Crippen LogP contribution in [0.1, 0.15) is 18.1 Å². The molecular formula is C17H19FN2OS. The van der Waals surface area contributed by atoms with Crippen molar-refractivity contribution in [1.29, 1.82) is 0 Å². The summed E-state index contributed by atoms with van der Waals surface area (Å²) in [5.74, 6) is 0.0662. The lowest BCUT2D eigenvalue weighted by molar-refractivity contribution is -0.119. The van der Waals surface area contributed by atoms with E-state index in [0.717, 1.165) is 10.5 Å². The number of halogens is 1. The molecule has 0 saturated carbocycles. The average Bonchev–Trinajstić information content (AvgIpc) is 2.52. The fourth-order valence-electron chi connectivity index (χ4n) is 1.85. The minimum atomic E-state index is -0.364. The number of hydrogen-bond donors (Lipinski definition) is 2. The highest BCUT2D eigenvalue weighted by molar-refractivity contribution is 7.98. The van der Waals surface area contributed by atoms with E-state index in [-0.39, 0.29) is 17.8 Å². The number of carbonyl (C=O) groups is 1. The minimum absolute atomic E-state index is 0.170. The van der Waals surface area contributed by atoms with Gasteiger partial charge >= 0.3 is 0 Å². The molecule has 1 atom stereocenters. The van der Waals surface area contributed by atoms with E-state index in [1.54, 1.807) is 30.8 Å². The molecule has 0 aliphatic carbocycles. The number of rotatable bonds is 7. The Kier molecular flexibility index (Phi) is 5.98. The van der Waals surface area contributed by atoms with Crippen molar-refractivity contribution in [2.75, 3.05) is 0 Å². The smallest absolute Gasteiger partial charge is 0.234 e. The molecule has 0 saturated heterocycles. The molecule has 0 spiro atoms. The first-order valence-electron chi connectivity index (χ1n) is 7.04. The summed E-state index contributed by atoms with van der Waals surface area (Å²) in [5.41, 5.74) is 6.97. The van der Waals surface area contributed by atoms with E-state index in [1.165, 1.54) is 6.07 Å². The van der Waals surface area contributed by atoms with Crippen molar-refractivity contribution in [3.63, 3.8) is 0 Å². The Bertz CT molecular complexity index is 631. The second-order valence-corrected chi connectivity index (χ2v) is 6.08. The standard InChI is InChI=1S/C17H19FN2OS/c1-12(17(19)21)20-10-13-6-8-15(9-7-13)22-11-14-4-2-3-5-16(14)18/h2-9,12,20H,10-11H2,1H3,(H2,19,21). The maximum absolute atomic E-state index is 13.5. The summed E-state index contributed by atoms with van der Waals surface area (Å²) in [7, 11) is 0. The zero-order chi connectivity index (χ0) is 15.9. The van der Waals surface area contributed by atoms with Crippen molar-refractivity contribution < 1.29 is 9.18 Å². The van der Waals surface area contributed by atoms with Crippen molar-refractivity contribution in [2.24, 2.45) is 5.73 Å². The molecule has 5 heteroatoms. The first kappa shape index (κ1) is 16.5. The molecule has 0 aromatic heterocycles. The average molecular weight is 318 g/mol. The fourth-order valence-corrected chi connectivity index (χ4v) is 2.74. The van der Waals surface area contributed by atoms with Gasteiger partial charge in [-0.1, -0.05) is 30.3 Å². The SMILES string of the molecule is CC(NCc1ccc(SCc2ccccc2F)cc1)C(N)=O. The zero-order valence-corrected chi connectivity index (χ0v) is 13.2. The molecule has 0 aliphatic heterocycles. The number of thioether (sulfide) groups is 1. The lowest BCUT2D eigenvalue weighted by Crippen LogP contribution is -2.38. The Balaban J connectivity index is 1.87. The molecule has 0 heterocycles. The van der Waals surface area contributed by atoms with Crippen molar-refractivity contribution in [2.45, 2.75) is 30.2 Å². The van der Waals surface area contributed by atoms with Crippen LogP contribution >= 0.6 is 11.8 Å². The first-order valence-corrected chi connectivity index (χ1v) is 8.02. The Morgan fingerprint density at radius 3 is 2.55 bits per heavy atom. The van der Waals surface area contributed by atoms with Crippen LogP contribution in [0.5, 0.6) is 0 Å². The maximum Gasteiger partial charge on any atom is 0.234 e. The Labute approximate surface area is 134 Å². The summed E-state index contributed by atoms with van der Waals surface area (Å²) in [6, 6.07) is 14.4. The van der Waals surface area contributed by atoms with Crippen LogP contribution in [0.25, 0.3) is 0 Å². The van der Waals surface area contributed by atoms with E-state index in [9.17, 15) is 9.18 Å². The number of nitrogens with one attached hydrogen (secondary N) is 1. The summed E-state index contributed by atoms with van der Waals surface area (Å²) in [5, 5.41) is 3.05. The predicted molar refractivity (Wildman–Crippen MR) is 87.9 cm³/mol. The van der Waals surface area contributed by atoms with Crippen LogP contribution in [-0.4, -0.2) is 11.9 Å². The lowest BCUT2D eigenvalue weighted by atomic mass is 10.2. The summed E-state index contributed by atoms with van der Waals surface area (Å²) >= 11 is 1.59. The zero-order valence-electron chi connectivity index (χ0n) is 12.4. The van der Waals surface area contributed by atoms with Gasteiger partial charge in [0.15, 0.2) is 0 Å². The molecule has 1 unspecified atom stereocenters. The normalized spacial score (nSPS) is 12.1. The Hall–Kier alpha value is -1.85. The molecule has 2 aromatic rings. The van der Waals surface area contributed by atoms with Crippen LogP contribution in [0.15, 0.2) is 53.4 Å². The van der Waals surface area contributed by atoms with E-state index in [4.69, 9.17) is 5.73 Å². The Morgan fingerprint density at radius 1 is 1.23 bits per heavy atom. The van der Waals surface area contributed by atoms with Crippen LogP contribution in [0, 0.1) is 5.82 Å². The maximum atomic E-state index is 13.5. The molecule has 0 bridgehead atoms. The molecule has 116 valence electrons. The van der Waals surface area contributed by atoms with Crippen LogP contribution in [0.3, 0.4) is 0 Å². The molecule has 0 radical (unpaired) electrons. The van der Waals surface area contributed by atoms with Gasteiger partial charge in [0.25, 0.3) is 0 Å². The largest absolute Gasteiger partial charge is 0.368 e. The van der Waals surface area contributed by atoms with Gasteiger partial charge in [0.1, 0.15) is 5.82 Å². The van der Waals surface area contributed by atoms with Gasteiger partial charge in [0, 0.05) is 17.2 Å². The highest BCUT2D eigenvalue weighted by atomic mass is 32.2. The van der Waals surface area contributed by atoms with Crippen LogP contribution < -0.4 is 11.1 Å². The van der Waals surface area contributed by atoms with Crippen molar-refractivity contribution >= 4 is 17.7 Å². The van der Waals surface area contributed by atoms with Gasteiger partial charge in [-0.15, -0.1) is 11.8 Å². The predicted octanol–water partition coefficient (Wildman–Crippen LogP) is 3.08. The lowest BCUT2D eigenvalue weighted by Gasteiger charge is -2.10. The summed E-state index contributed by atoms with van der Waals surface area (Å²) in [6.45, 7) is 2.32. The highest BCUT2D eigenvalue weighted by Gasteiger charge is 2.07. The number of nitrogens with two attached hydrogens (primary N) is 1. The second kappa shape index (κ2) is 7.96. The fraction of sp³-hybridized carbons (Fsp3) is 0.235. The molecule has 3 N–H and O–H groups in total. The van der Waals surface area contributed by atoms with Crippen molar-refractivity contribution in [3.05, 3.63) is 65.5 Å². The molecule has 3 nitrogen and oxygen atoms in total. The minimum Gasteiger partial charge on any atom is -0.368 e. The molecular weight excluding hydrogens is 299 g/mol. The van der Waals surface area contributed by atoms with Gasteiger partial charge in [0.05, 0.1) is 6.04 Å². The third kappa shape index (κ3) is 4.86. The van der Waals surface area contributed by atoms with Gasteiger partial charge in [-0.25, -0.2) is 4.39 Å². The summed E-state index contributed by atoms with van der Waals surface area (Å²) in [4.78, 5) is 12.0. The van der Waals surface area contributed by atoms with Gasteiger partial charge in [-0.3, -0.25) is 4.79 Å². The van der Waals surface area contributed by atoms with Gasteiger partial charge in [-0.2, -0.15) is 0 Å².